The van der Waals surface area contributed by atoms with E-state index in [1.807, 2.05) is 6.92 Å². The molecule has 0 unspecified atom stereocenters. The van der Waals surface area contributed by atoms with Gasteiger partial charge in [-0.15, -0.1) is 5.10 Å². The zero-order valence-corrected chi connectivity index (χ0v) is 9.94. The Morgan fingerprint density at radius 2 is 2.35 bits per heavy atom. The van der Waals surface area contributed by atoms with E-state index in [0.717, 1.165) is 0 Å². The third-order valence-corrected chi connectivity index (χ3v) is 2.56. The molecule has 0 aliphatic rings. The molecule has 2 heterocycles. The van der Waals surface area contributed by atoms with Crippen LogP contribution in [0.5, 0.6) is 5.88 Å². The first-order valence-electron chi connectivity index (χ1n) is 4.96. The van der Waals surface area contributed by atoms with E-state index in [9.17, 15) is 0 Å². The molecule has 0 bridgehead atoms. The lowest BCUT2D eigenvalue weighted by atomic mass is 10.6. The maximum atomic E-state index is 8.84. The molecule has 2 aromatic heterocycles. The monoisotopic (exact) mass is 253 g/mol. The highest BCUT2D eigenvalue weighted by Gasteiger charge is 2.07. The van der Waals surface area contributed by atoms with Gasteiger partial charge in [-0.25, -0.2) is 15.0 Å². The van der Waals surface area contributed by atoms with E-state index in [0.29, 0.717) is 28.5 Å². The van der Waals surface area contributed by atoms with Crippen LogP contribution < -0.4 is 4.74 Å². The van der Waals surface area contributed by atoms with Crippen LogP contribution in [0.15, 0.2) is 22.6 Å². The number of hydrogen-bond donors (Lipinski definition) is 2. The Labute approximate surface area is 102 Å². The zero-order chi connectivity index (χ0) is 12.1. The highest BCUT2D eigenvalue weighted by Crippen LogP contribution is 2.24. The molecule has 0 aromatic carbocycles. The molecule has 0 spiro atoms. The average molecular weight is 253 g/mol. The lowest BCUT2D eigenvalue weighted by Gasteiger charge is -2.01. The molecular weight excluding hydrogens is 242 g/mol. The number of rotatable bonds is 5. The summed E-state index contributed by atoms with van der Waals surface area (Å²) in [5.41, 5.74) is 0. The number of ether oxygens (including phenoxy) is 1. The van der Waals surface area contributed by atoms with Crippen LogP contribution in [-0.2, 0) is 6.61 Å². The summed E-state index contributed by atoms with van der Waals surface area (Å²) in [6, 6.07) is 1.71. The van der Waals surface area contributed by atoms with E-state index in [2.05, 4.69) is 25.1 Å². The summed E-state index contributed by atoms with van der Waals surface area (Å²) in [5.74, 6) is 0.939. The third-order valence-electron chi connectivity index (χ3n) is 1.77. The van der Waals surface area contributed by atoms with E-state index in [1.165, 1.54) is 18.1 Å². The first-order chi connectivity index (χ1) is 8.31. The molecule has 8 heteroatoms. The van der Waals surface area contributed by atoms with Gasteiger partial charge in [-0.05, 0) is 18.7 Å². The van der Waals surface area contributed by atoms with Crippen molar-refractivity contribution >= 4 is 11.8 Å². The Hall–Kier alpha value is -1.67. The van der Waals surface area contributed by atoms with Gasteiger partial charge in [0, 0.05) is 6.07 Å². The summed E-state index contributed by atoms with van der Waals surface area (Å²) in [7, 11) is 0. The van der Waals surface area contributed by atoms with Gasteiger partial charge in [-0.3, -0.25) is 5.10 Å². The summed E-state index contributed by atoms with van der Waals surface area (Å²) in [6.45, 7) is 2.27. The molecule has 0 saturated heterocycles. The molecule has 2 rings (SSSR count). The van der Waals surface area contributed by atoms with Crippen molar-refractivity contribution in [1.29, 1.82) is 0 Å². The van der Waals surface area contributed by atoms with Crippen molar-refractivity contribution in [1.82, 2.24) is 25.1 Å². The first kappa shape index (κ1) is 11.8. The normalized spacial score (nSPS) is 10.5. The molecule has 7 nitrogen and oxygen atoms in total. The minimum atomic E-state index is -0.165. The van der Waals surface area contributed by atoms with Crippen LogP contribution in [0.2, 0.25) is 0 Å². The molecule has 2 aromatic rings. The van der Waals surface area contributed by atoms with Crippen molar-refractivity contribution in [3.05, 3.63) is 18.2 Å². The predicted molar refractivity (Wildman–Crippen MR) is 59.6 cm³/mol. The highest BCUT2D eigenvalue weighted by atomic mass is 32.2. The number of aliphatic hydroxyl groups excluding tert-OH is 1. The third kappa shape index (κ3) is 3.14. The summed E-state index contributed by atoms with van der Waals surface area (Å²) in [6.07, 6.45) is 1.42. The Morgan fingerprint density at radius 1 is 1.47 bits per heavy atom. The lowest BCUT2D eigenvalue weighted by Crippen LogP contribution is -1.95. The standard InChI is InChI=1S/C9H11N5O2S/c1-2-16-7-3-8(11-5-10-7)17-9-12-6(4-15)13-14-9/h3,5,15H,2,4H2,1H3,(H,12,13,14). The van der Waals surface area contributed by atoms with Crippen molar-refractivity contribution in [2.75, 3.05) is 6.61 Å². The number of aromatic amines is 1. The van der Waals surface area contributed by atoms with Gasteiger partial charge < -0.3 is 9.84 Å². The summed E-state index contributed by atoms with van der Waals surface area (Å²) < 4.78 is 5.26. The van der Waals surface area contributed by atoms with Gasteiger partial charge in [0.1, 0.15) is 18.0 Å². The van der Waals surface area contributed by atoms with E-state index in [4.69, 9.17) is 9.84 Å². The topological polar surface area (TPSA) is 96.8 Å². The summed E-state index contributed by atoms with van der Waals surface area (Å²) >= 11 is 1.27. The molecule has 90 valence electrons. The second-order valence-electron chi connectivity index (χ2n) is 2.95. The van der Waals surface area contributed by atoms with Crippen LogP contribution in [0, 0.1) is 0 Å². The number of aliphatic hydroxyl groups is 1. The maximum Gasteiger partial charge on any atom is 0.217 e. The van der Waals surface area contributed by atoms with E-state index >= 15 is 0 Å². The van der Waals surface area contributed by atoms with Gasteiger partial charge in [-0.1, -0.05) is 0 Å². The summed E-state index contributed by atoms with van der Waals surface area (Å²) in [4.78, 5) is 12.1. The maximum absolute atomic E-state index is 8.84. The number of nitrogens with zero attached hydrogens (tertiary/aromatic N) is 4. The predicted octanol–water partition coefficient (Wildman–Crippen LogP) is 0.637. The zero-order valence-electron chi connectivity index (χ0n) is 9.12. The van der Waals surface area contributed by atoms with E-state index < -0.39 is 0 Å². The van der Waals surface area contributed by atoms with Crippen LogP contribution in [0.1, 0.15) is 12.7 Å². The lowest BCUT2D eigenvalue weighted by molar-refractivity contribution is 0.271. The molecule has 0 fully saturated rings. The molecule has 0 radical (unpaired) electrons. The smallest absolute Gasteiger partial charge is 0.217 e. The molecule has 0 amide bonds. The Bertz CT molecular complexity index is 490. The fourth-order valence-electron chi connectivity index (χ4n) is 1.09. The molecule has 2 N–H and O–H groups in total. The van der Waals surface area contributed by atoms with Crippen LogP contribution in [0.4, 0.5) is 0 Å². The number of hydrogen-bond acceptors (Lipinski definition) is 7. The fraction of sp³-hybridized carbons (Fsp3) is 0.333. The molecule has 17 heavy (non-hydrogen) atoms. The van der Waals surface area contributed by atoms with Gasteiger partial charge in [0.25, 0.3) is 0 Å². The molecule has 0 saturated carbocycles. The molecule has 0 atom stereocenters. The van der Waals surface area contributed by atoms with Crippen LogP contribution in [0.25, 0.3) is 0 Å². The first-order valence-corrected chi connectivity index (χ1v) is 5.78. The minimum absolute atomic E-state index is 0.165. The fourth-order valence-corrected chi connectivity index (χ4v) is 1.79. The van der Waals surface area contributed by atoms with E-state index in [-0.39, 0.29) is 6.61 Å². The van der Waals surface area contributed by atoms with Gasteiger partial charge in [-0.2, -0.15) is 0 Å². The minimum Gasteiger partial charge on any atom is -0.478 e. The van der Waals surface area contributed by atoms with Crippen molar-refractivity contribution in [3.63, 3.8) is 0 Å². The Morgan fingerprint density at radius 3 is 3.06 bits per heavy atom. The second-order valence-corrected chi connectivity index (χ2v) is 3.94. The van der Waals surface area contributed by atoms with Crippen LogP contribution in [-0.4, -0.2) is 36.9 Å². The molecular formula is C9H11N5O2S. The Kier molecular flexibility index (Phi) is 3.89. The summed E-state index contributed by atoms with van der Waals surface area (Å²) in [5, 5.41) is 16.6. The molecule has 0 aliphatic heterocycles. The molecule has 0 aliphatic carbocycles. The van der Waals surface area contributed by atoms with Crippen molar-refractivity contribution in [2.24, 2.45) is 0 Å². The highest BCUT2D eigenvalue weighted by molar-refractivity contribution is 7.99. The quantitative estimate of drug-likeness (QED) is 0.754. The van der Waals surface area contributed by atoms with Gasteiger partial charge >= 0.3 is 0 Å². The SMILES string of the molecule is CCOc1cc(Sc2n[nH]c(CO)n2)ncn1. The number of aromatic nitrogens is 5. The van der Waals surface area contributed by atoms with Crippen LogP contribution >= 0.6 is 11.8 Å². The van der Waals surface area contributed by atoms with Gasteiger partial charge in [0.2, 0.25) is 11.0 Å². The number of H-pyrrole nitrogens is 1. The second kappa shape index (κ2) is 5.60. The number of nitrogens with one attached hydrogen (secondary N) is 1. The van der Waals surface area contributed by atoms with E-state index in [1.54, 1.807) is 6.07 Å². The van der Waals surface area contributed by atoms with Crippen molar-refractivity contribution < 1.29 is 9.84 Å². The van der Waals surface area contributed by atoms with Crippen molar-refractivity contribution in [2.45, 2.75) is 23.7 Å². The van der Waals surface area contributed by atoms with Crippen molar-refractivity contribution in [3.8, 4) is 5.88 Å². The van der Waals surface area contributed by atoms with Gasteiger partial charge in [0.15, 0.2) is 5.82 Å². The largest absolute Gasteiger partial charge is 0.478 e. The van der Waals surface area contributed by atoms with Crippen LogP contribution in [0.3, 0.4) is 0 Å². The average Bonchev–Trinajstić information content (AvgIpc) is 2.78. The Balaban J connectivity index is 2.09. The van der Waals surface area contributed by atoms with Gasteiger partial charge in [0.05, 0.1) is 6.61 Å².